The van der Waals surface area contributed by atoms with Gasteiger partial charge < -0.3 is 9.64 Å². The van der Waals surface area contributed by atoms with Crippen LogP contribution in [0.1, 0.15) is 28.4 Å². The molecule has 0 bridgehead atoms. The highest BCUT2D eigenvalue weighted by Crippen LogP contribution is 2.34. The average Bonchev–Trinajstić information content (AvgIpc) is 3.25. The summed E-state index contributed by atoms with van der Waals surface area (Å²) in [4.78, 5) is 22.2. The number of fused-ring (bicyclic) bond motifs is 1. The SMILES string of the molecule is CCOc1cccc2sc(N(CCN(C)C)C(=O)c3ccc(Cc4ccccc4)cc3)nc12.Cl. The number of carbonyl (C=O) groups is 1. The van der Waals surface area contributed by atoms with Crippen LogP contribution in [0.4, 0.5) is 5.13 Å². The number of amides is 1. The molecular formula is C27H30ClN3O2S. The predicted octanol–water partition coefficient (Wildman–Crippen LogP) is 5.92. The van der Waals surface area contributed by atoms with Gasteiger partial charge in [-0.3, -0.25) is 9.69 Å². The summed E-state index contributed by atoms with van der Waals surface area (Å²) in [5.41, 5.74) is 3.90. The number of aromatic nitrogens is 1. The Hall–Kier alpha value is -2.93. The number of thiazole rings is 1. The predicted molar refractivity (Wildman–Crippen MR) is 144 cm³/mol. The zero-order chi connectivity index (χ0) is 23.2. The Morgan fingerprint density at radius 1 is 0.912 bits per heavy atom. The summed E-state index contributed by atoms with van der Waals surface area (Å²) in [5.74, 6) is 0.711. The Morgan fingerprint density at radius 2 is 1.62 bits per heavy atom. The summed E-state index contributed by atoms with van der Waals surface area (Å²) < 4.78 is 6.76. The molecule has 0 fully saturated rings. The fourth-order valence-electron chi connectivity index (χ4n) is 3.64. The number of nitrogens with zero attached hydrogens (tertiary/aromatic N) is 3. The van der Waals surface area contributed by atoms with E-state index in [0.717, 1.165) is 28.9 Å². The van der Waals surface area contributed by atoms with E-state index in [1.54, 1.807) is 4.90 Å². The van der Waals surface area contributed by atoms with Crippen LogP contribution in [0.25, 0.3) is 10.2 Å². The highest BCUT2D eigenvalue weighted by atomic mass is 35.5. The zero-order valence-electron chi connectivity index (χ0n) is 19.7. The molecule has 34 heavy (non-hydrogen) atoms. The van der Waals surface area contributed by atoms with Crippen LogP contribution in [0.2, 0.25) is 0 Å². The maximum atomic E-state index is 13.6. The molecule has 0 saturated heterocycles. The molecular weight excluding hydrogens is 466 g/mol. The lowest BCUT2D eigenvalue weighted by atomic mass is 10.0. The maximum Gasteiger partial charge on any atom is 0.260 e. The van der Waals surface area contributed by atoms with Crippen molar-refractivity contribution in [3.8, 4) is 5.75 Å². The van der Waals surface area contributed by atoms with Crippen molar-refractivity contribution in [2.24, 2.45) is 0 Å². The van der Waals surface area contributed by atoms with Gasteiger partial charge in [0.15, 0.2) is 5.13 Å². The Labute approximate surface area is 211 Å². The number of rotatable bonds is 9. The molecule has 0 atom stereocenters. The molecule has 178 valence electrons. The lowest BCUT2D eigenvalue weighted by Crippen LogP contribution is -2.36. The topological polar surface area (TPSA) is 45.7 Å². The molecule has 4 rings (SSSR count). The number of carbonyl (C=O) groups excluding carboxylic acids is 1. The van der Waals surface area contributed by atoms with Gasteiger partial charge in [-0.2, -0.15) is 0 Å². The van der Waals surface area contributed by atoms with E-state index in [1.807, 2.05) is 81.7 Å². The van der Waals surface area contributed by atoms with Crippen LogP contribution in [0, 0.1) is 0 Å². The lowest BCUT2D eigenvalue weighted by Gasteiger charge is -2.22. The minimum atomic E-state index is -0.0415. The molecule has 0 aliphatic rings. The number of likely N-dealkylation sites (N-methyl/N-ethyl adjacent to an activating group) is 1. The number of hydrogen-bond acceptors (Lipinski definition) is 5. The van der Waals surface area contributed by atoms with Crippen molar-refractivity contribution in [2.45, 2.75) is 13.3 Å². The third-order valence-electron chi connectivity index (χ3n) is 5.37. The van der Waals surface area contributed by atoms with E-state index in [9.17, 15) is 4.79 Å². The molecule has 0 spiro atoms. The fraction of sp³-hybridized carbons (Fsp3) is 0.259. The van der Waals surface area contributed by atoms with Crippen molar-refractivity contribution in [2.75, 3.05) is 38.7 Å². The van der Waals surface area contributed by atoms with Gasteiger partial charge in [-0.1, -0.05) is 59.9 Å². The Morgan fingerprint density at radius 3 is 2.29 bits per heavy atom. The van der Waals surface area contributed by atoms with E-state index in [4.69, 9.17) is 9.72 Å². The summed E-state index contributed by atoms with van der Waals surface area (Å²) in [6, 6.07) is 24.2. The number of ether oxygens (including phenoxy) is 1. The summed E-state index contributed by atoms with van der Waals surface area (Å²) >= 11 is 1.52. The first-order valence-corrected chi connectivity index (χ1v) is 12.0. The molecule has 0 unspecified atom stereocenters. The van der Waals surface area contributed by atoms with Gasteiger partial charge >= 0.3 is 0 Å². The fourth-order valence-corrected chi connectivity index (χ4v) is 4.64. The minimum absolute atomic E-state index is 0. The summed E-state index contributed by atoms with van der Waals surface area (Å²) in [6.45, 7) is 3.83. The van der Waals surface area contributed by atoms with Crippen molar-refractivity contribution in [3.63, 3.8) is 0 Å². The normalized spacial score (nSPS) is 10.8. The lowest BCUT2D eigenvalue weighted by molar-refractivity contribution is 0.0985. The highest BCUT2D eigenvalue weighted by Gasteiger charge is 2.22. The van der Waals surface area contributed by atoms with Crippen molar-refractivity contribution in [3.05, 3.63) is 89.5 Å². The number of hydrogen-bond donors (Lipinski definition) is 0. The smallest absolute Gasteiger partial charge is 0.260 e. The molecule has 4 aromatic rings. The number of benzene rings is 3. The second-order valence-corrected chi connectivity index (χ2v) is 9.16. The Balaban J connectivity index is 0.00000324. The van der Waals surface area contributed by atoms with E-state index in [1.165, 1.54) is 22.5 Å². The van der Waals surface area contributed by atoms with Gasteiger partial charge in [0.25, 0.3) is 5.91 Å². The molecule has 5 nitrogen and oxygen atoms in total. The minimum Gasteiger partial charge on any atom is -0.492 e. The number of anilines is 1. The van der Waals surface area contributed by atoms with E-state index in [-0.39, 0.29) is 18.3 Å². The van der Waals surface area contributed by atoms with Crippen LogP contribution < -0.4 is 9.64 Å². The molecule has 7 heteroatoms. The third kappa shape index (κ3) is 6.14. The first-order chi connectivity index (χ1) is 16.0. The molecule has 0 N–H and O–H groups in total. The molecule has 1 amide bonds. The average molecular weight is 496 g/mol. The van der Waals surface area contributed by atoms with Crippen molar-refractivity contribution in [1.29, 1.82) is 0 Å². The first-order valence-electron chi connectivity index (χ1n) is 11.2. The first kappa shape index (κ1) is 25.7. The van der Waals surface area contributed by atoms with Crippen LogP contribution in [0.5, 0.6) is 5.75 Å². The third-order valence-corrected chi connectivity index (χ3v) is 6.41. The molecule has 0 aliphatic carbocycles. The molecule has 1 aromatic heterocycles. The van der Waals surface area contributed by atoms with Crippen molar-refractivity contribution < 1.29 is 9.53 Å². The van der Waals surface area contributed by atoms with Gasteiger partial charge in [-0.15, -0.1) is 12.4 Å². The highest BCUT2D eigenvalue weighted by molar-refractivity contribution is 7.22. The zero-order valence-corrected chi connectivity index (χ0v) is 21.4. The van der Waals surface area contributed by atoms with E-state index >= 15 is 0 Å². The van der Waals surface area contributed by atoms with Gasteiger partial charge in [0.05, 0.1) is 11.3 Å². The van der Waals surface area contributed by atoms with Gasteiger partial charge in [-0.25, -0.2) is 4.98 Å². The van der Waals surface area contributed by atoms with Crippen LogP contribution in [0.15, 0.2) is 72.8 Å². The van der Waals surface area contributed by atoms with Crippen molar-refractivity contribution in [1.82, 2.24) is 9.88 Å². The van der Waals surface area contributed by atoms with Crippen LogP contribution >= 0.6 is 23.7 Å². The van der Waals surface area contributed by atoms with Crippen LogP contribution in [-0.4, -0.2) is 49.6 Å². The summed E-state index contributed by atoms with van der Waals surface area (Å²) in [7, 11) is 4.01. The van der Waals surface area contributed by atoms with Gasteiger partial charge in [0, 0.05) is 18.7 Å². The van der Waals surface area contributed by atoms with Crippen LogP contribution in [-0.2, 0) is 6.42 Å². The quantitative estimate of drug-likeness (QED) is 0.289. The summed E-state index contributed by atoms with van der Waals surface area (Å²) in [5, 5.41) is 0.692. The second-order valence-electron chi connectivity index (χ2n) is 8.15. The Kier molecular flexibility index (Phi) is 9.05. The van der Waals surface area contributed by atoms with Gasteiger partial charge in [0.2, 0.25) is 0 Å². The van der Waals surface area contributed by atoms with E-state index < -0.39 is 0 Å². The molecule has 0 aliphatic heterocycles. The van der Waals surface area contributed by atoms with Crippen molar-refractivity contribution >= 4 is 45.0 Å². The molecule has 0 saturated carbocycles. The number of para-hydroxylation sites is 1. The maximum absolute atomic E-state index is 13.6. The standard InChI is InChI=1S/C27H29N3O2S.ClH/c1-4-32-23-11-8-12-24-25(23)28-27(33-24)30(18-17-29(2)3)26(31)22-15-13-21(14-16-22)19-20-9-6-5-7-10-20;/h5-16H,4,17-19H2,1-3H3;1H. The largest absolute Gasteiger partial charge is 0.492 e. The Bertz CT molecular complexity index is 1210. The second kappa shape index (κ2) is 12.0. The van der Waals surface area contributed by atoms with E-state index in [2.05, 4.69) is 17.0 Å². The monoisotopic (exact) mass is 495 g/mol. The molecule has 3 aromatic carbocycles. The van der Waals surface area contributed by atoms with E-state index in [0.29, 0.717) is 23.8 Å². The number of halogens is 1. The van der Waals surface area contributed by atoms with Crippen LogP contribution in [0.3, 0.4) is 0 Å². The van der Waals surface area contributed by atoms with Gasteiger partial charge in [0.1, 0.15) is 11.3 Å². The summed E-state index contributed by atoms with van der Waals surface area (Å²) in [6.07, 6.45) is 0.845. The van der Waals surface area contributed by atoms with Gasteiger partial charge in [-0.05, 0) is 62.8 Å². The molecule has 0 radical (unpaired) electrons. The molecule has 1 heterocycles.